The van der Waals surface area contributed by atoms with Crippen molar-refractivity contribution in [2.75, 3.05) is 32.8 Å². The smallest absolute Gasteiger partial charge is 0.226 e. The molecule has 0 bridgehead atoms. The predicted molar refractivity (Wildman–Crippen MR) is 57.6 cm³/mol. The topological polar surface area (TPSA) is 41.6 Å². The number of rotatable bonds is 1. The average molecular weight is 212 g/mol. The van der Waals surface area contributed by atoms with Gasteiger partial charge in [-0.1, -0.05) is 0 Å². The molecule has 1 amide bonds. The fourth-order valence-electron chi connectivity index (χ4n) is 2.35. The van der Waals surface area contributed by atoms with Crippen LogP contribution in [0, 0.1) is 5.92 Å². The predicted octanol–water partition coefficient (Wildman–Crippen LogP) is 0.233. The summed E-state index contributed by atoms with van der Waals surface area (Å²) in [5, 5.41) is 3.30. The highest BCUT2D eigenvalue weighted by atomic mass is 16.5. The number of amides is 1. The monoisotopic (exact) mass is 212 g/mol. The first-order chi connectivity index (χ1) is 7.29. The van der Waals surface area contributed by atoms with Crippen LogP contribution in [0.4, 0.5) is 0 Å². The SMILES string of the molecule is C[C@H]1CNCCN1C(=O)C1CCOCC1. The van der Waals surface area contributed by atoms with E-state index in [1.807, 2.05) is 4.90 Å². The van der Waals surface area contributed by atoms with Crippen LogP contribution in [-0.2, 0) is 9.53 Å². The minimum absolute atomic E-state index is 0.208. The summed E-state index contributed by atoms with van der Waals surface area (Å²) < 4.78 is 5.28. The molecule has 15 heavy (non-hydrogen) atoms. The molecule has 0 aromatic rings. The van der Waals surface area contributed by atoms with Gasteiger partial charge < -0.3 is 15.0 Å². The maximum absolute atomic E-state index is 12.2. The summed E-state index contributed by atoms with van der Waals surface area (Å²) in [5.41, 5.74) is 0. The van der Waals surface area contributed by atoms with Gasteiger partial charge in [-0.15, -0.1) is 0 Å². The van der Waals surface area contributed by atoms with Gasteiger partial charge in [0.1, 0.15) is 0 Å². The first-order valence-electron chi connectivity index (χ1n) is 5.88. The lowest BCUT2D eigenvalue weighted by Crippen LogP contribution is -2.54. The third kappa shape index (κ3) is 2.49. The van der Waals surface area contributed by atoms with Gasteiger partial charge >= 0.3 is 0 Å². The summed E-state index contributed by atoms with van der Waals surface area (Å²) in [6.45, 7) is 6.32. The molecule has 86 valence electrons. The molecule has 0 aliphatic carbocycles. The largest absolute Gasteiger partial charge is 0.381 e. The molecule has 0 radical (unpaired) electrons. The van der Waals surface area contributed by atoms with Gasteiger partial charge in [-0.05, 0) is 19.8 Å². The molecule has 4 nitrogen and oxygen atoms in total. The van der Waals surface area contributed by atoms with Crippen LogP contribution in [0.3, 0.4) is 0 Å². The normalized spacial score (nSPS) is 29.1. The second-order valence-corrected chi connectivity index (χ2v) is 4.47. The van der Waals surface area contributed by atoms with Crippen LogP contribution in [0.15, 0.2) is 0 Å². The number of piperazine rings is 1. The summed E-state index contributed by atoms with van der Waals surface area (Å²) in [6, 6.07) is 0.342. The second kappa shape index (κ2) is 4.94. The van der Waals surface area contributed by atoms with Crippen LogP contribution in [0.2, 0.25) is 0 Å². The van der Waals surface area contributed by atoms with E-state index in [0.717, 1.165) is 45.7 Å². The van der Waals surface area contributed by atoms with Gasteiger partial charge in [0.25, 0.3) is 0 Å². The van der Waals surface area contributed by atoms with Crippen molar-refractivity contribution in [1.29, 1.82) is 0 Å². The van der Waals surface area contributed by atoms with E-state index in [9.17, 15) is 4.79 Å². The second-order valence-electron chi connectivity index (χ2n) is 4.47. The van der Waals surface area contributed by atoms with Gasteiger partial charge in [0, 0.05) is 44.8 Å². The number of ether oxygens (including phenoxy) is 1. The summed E-state index contributed by atoms with van der Waals surface area (Å²) in [5.74, 6) is 0.548. The number of carbonyl (C=O) groups is 1. The maximum atomic E-state index is 12.2. The van der Waals surface area contributed by atoms with E-state index in [1.165, 1.54) is 0 Å². The molecule has 2 fully saturated rings. The molecule has 0 aromatic carbocycles. The van der Waals surface area contributed by atoms with Crippen LogP contribution in [0.5, 0.6) is 0 Å². The number of hydrogen-bond acceptors (Lipinski definition) is 3. The molecule has 2 rings (SSSR count). The third-order valence-electron chi connectivity index (χ3n) is 3.35. The molecule has 0 spiro atoms. The molecule has 4 heteroatoms. The van der Waals surface area contributed by atoms with Crippen molar-refractivity contribution >= 4 is 5.91 Å². The minimum atomic E-state index is 0.208. The van der Waals surface area contributed by atoms with Crippen molar-refractivity contribution in [1.82, 2.24) is 10.2 Å². The Hall–Kier alpha value is -0.610. The van der Waals surface area contributed by atoms with Crippen LogP contribution in [0.1, 0.15) is 19.8 Å². The summed E-state index contributed by atoms with van der Waals surface area (Å²) in [7, 11) is 0. The highest BCUT2D eigenvalue weighted by Gasteiger charge is 2.30. The van der Waals surface area contributed by atoms with Gasteiger partial charge in [0.05, 0.1) is 0 Å². The molecular formula is C11H20N2O2. The molecule has 2 saturated heterocycles. The molecular weight excluding hydrogens is 192 g/mol. The lowest BCUT2D eigenvalue weighted by Gasteiger charge is -2.37. The van der Waals surface area contributed by atoms with E-state index in [0.29, 0.717) is 11.9 Å². The van der Waals surface area contributed by atoms with Gasteiger partial charge in [-0.2, -0.15) is 0 Å². The lowest BCUT2D eigenvalue weighted by molar-refractivity contribution is -0.141. The van der Waals surface area contributed by atoms with Gasteiger partial charge in [0.15, 0.2) is 0 Å². The Bertz CT molecular complexity index is 227. The Morgan fingerprint density at radius 2 is 2.13 bits per heavy atom. The van der Waals surface area contributed by atoms with Gasteiger partial charge in [-0.3, -0.25) is 4.79 Å². The maximum Gasteiger partial charge on any atom is 0.226 e. The van der Waals surface area contributed by atoms with Crippen molar-refractivity contribution in [2.45, 2.75) is 25.8 Å². The zero-order valence-corrected chi connectivity index (χ0v) is 9.37. The summed E-state index contributed by atoms with van der Waals surface area (Å²) >= 11 is 0. The standard InChI is InChI=1S/C11H20N2O2/c1-9-8-12-4-5-13(9)11(14)10-2-6-15-7-3-10/h9-10,12H,2-8H2,1H3/t9-/m0/s1. The molecule has 2 heterocycles. The van der Waals surface area contributed by atoms with E-state index < -0.39 is 0 Å². The van der Waals surface area contributed by atoms with Gasteiger partial charge in [0.2, 0.25) is 5.91 Å². The summed E-state index contributed by atoms with van der Waals surface area (Å²) in [6.07, 6.45) is 1.80. The fourth-order valence-corrected chi connectivity index (χ4v) is 2.35. The minimum Gasteiger partial charge on any atom is -0.381 e. The molecule has 0 unspecified atom stereocenters. The molecule has 0 saturated carbocycles. The van der Waals surface area contributed by atoms with Crippen LogP contribution in [0.25, 0.3) is 0 Å². The van der Waals surface area contributed by atoms with Crippen molar-refractivity contribution < 1.29 is 9.53 Å². The van der Waals surface area contributed by atoms with E-state index >= 15 is 0 Å². The molecule has 2 aliphatic rings. The van der Waals surface area contributed by atoms with E-state index in [4.69, 9.17) is 4.74 Å². The number of carbonyl (C=O) groups excluding carboxylic acids is 1. The van der Waals surface area contributed by atoms with Crippen LogP contribution >= 0.6 is 0 Å². The lowest BCUT2D eigenvalue weighted by atomic mass is 9.97. The number of hydrogen-bond donors (Lipinski definition) is 1. The van der Waals surface area contributed by atoms with E-state index in [-0.39, 0.29) is 5.92 Å². The Morgan fingerprint density at radius 3 is 2.80 bits per heavy atom. The molecule has 2 aliphatic heterocycles. The first kappa shape index (κ1) is 10.9. The van der Waals surface area contributed by atoms with Crippen molar-refractivity contribution in [2.24, 2.45) is 5.92 Å². The fraction of sp³-hybridized carbons (Fsp3) is 0.909. The number of nitrogens with one attached hydrogen (secondary N) is 1. The van der Waals surface area contributed by atoms with Crippen molar-refractivity contribution in [3.63, 3.8) is 0 Å². The first-order valence-corrected chi connectivity index (χ1v) is 5.88. The number of nitrogens with zero attached hydrogens (tertiary/aromatic N) is 1. The highest BCUT2D eigenvalue weighted by molar-refractivity contribution is 5.79. The Morgan fingerprint density at radius 1 is 1.40 bits per heavy atom. The van der Waals surface area contributed by atoms with E-state index in [1.54, 1.807) is 0 Å². The third-order valence-corrected chi connectivity index (χ3v) is 3.35. The zero-order valence-electron chi connectivity index (χ0n) is 9.37. The molecule has 1 N–H and O–H groups in total. The van der Waals surface area contributed by atoms with E-state index in [2.05, 4.69) is 12.2 Å². The van der Waals surface area contributed by atoms with Crippen molar-refractivity contribution in [3.8, 4) is 0 Å². The van der Waals surface area contributed by atoms with Crippen LogP contribution in [-0.4, -0.2) is 49.7 Å². The summed E-state index contributed by atoms with van der Waals surface area (Å²) in [4.78, 5) is 14.2. The van der Waals surface area contributed by atoms with Crippen molar-refractivity contribution in [3.05, 3.63) is 0 Å². The van der Waals surface area contributed by atoms with Gasteiger partial charge in [-0.25, -0.2) is 0 Å². The molecule has 0 aromatic heterocycles. The zero-order chi connectivity index (χ0) is 10.7. The quantitative estimate of drug-likeness (QED) is 0.676. The Kier molecular flexibility index (Phi) is 3.59. The Labute approximate surface area is 91.0 Å². The molecule has 1 atom stereocenters. The highest BCUT2D eigenvalue weighted by Crippen LogP contribution is 2.19. The Balaban J connectivity index is 1.92. The van der Waals surface area contributed by atoms with Crippen LogP contribution < -0.4 is 5.32 Å². The average Bonchev–Trinajstić information content (AvgIpc) is 2.30.